The van der Waals surface area contributed by atoms with Crippen LogP contribution in [-0.4, -0.2) is 0 Å². The highest BCUT2D eigenvalue weighted by Gasteiger charge is 2.02. The van der Waals surface area contributed by atoms with Crippen molar-refractivity contribution in [3.63, 3.8) is 0 Å². The Kier molecular flexibility index (Phi) is 14.0. The van der Waals surface area contributed by atoms with E-state index < -0.39 is 0 Å². The first-order valence-corrected chi connectivity index (χ1v) is 7.65. The van der Waals surface area contributed by atoms with Crippen LogP contribution < -0.4 is 17.2 Å². The summed E-state index contributed by atoms with van der Waals surface area (Å²) in [5.41, 5.74) is 20.7. The first-order valence-electron chi connectivity index (χ1n) is 7.65. The summed E-state index contributed by atoms with van der Waals surface area (Å²) in [4.78, 5) is 0. The molecule has 1 aromatic carbocycles. The third-order valence-corrected chi connectivity index (χ3v) is 2.60. The number of nitrogen functional groups attached to an aromatic ring is 2. The fourth-order valence-electron chi connectivity index (χ4n) is 1.58. The molecule has 0 atom stereocenters. The molecule has 0 saturated carbocycles. The third kappa shape index (κ3) is 9.04. The summed E-state index contributed by atoms with van der Waals surface area (Å²) in [6, 6.07) is 3.53. The van der Waals surface area contributed by atoms with Gasteiger partial charge in [-0.25, -0.2) is 0 Å². The standard InChI is InChI=1S/C10H12N2.C8H13N.C2H6/c1-3-7-8(4-2)10(12)6-5-9(7)11;1-3-5-7-8(9)6-4-2;1-2/h3-6H,1-2,11-12H2;3-7H,9H2,1-2H3;1-2H3/b;5-3-,6-4-,8-7+;. The minimum absolute atomic E-state index is 0.675. The molecule has 126 valence electrons. The van der Waals surface area contributed by atoms with Gasteiger partial charge in [0.05, 0.1) is 0 Å². The molecule has 0 spiro atoms. The van der Waals surface area contributed by atoms with Gasteiger partial charge in [-0.05, 0) is 38.1 Å². The zero-order chi connectivity index (χ0) is 18.3. The molecule has 3 nitrogen and oxygen atoms in total. The summed E-state index contributed by atoms with van der Waals surface area (Å²) in [6.07, 6.45) is 12.9. The summed E-state index contributed by atoms with van der Waals surface area (Å²) < 4.78 is 0. The van der Waals surface area contributed by atoms with E-state index in [0.29, 0.717) is 11.4 Å². The van der Waals surface area contributed by atoms with Crippen LogP contribution in [0, 0.1) is 0 Å². The van der Waals surface area contributed by atoms with Crippen LogP contribution in [0.2, 0.25) is 0 Å². The number of anilines is 2. The fourth-order valence-corrected chi connectivity index (χ4v) is 1.58. The van der Waals surface area contributed by atoms with E-state index in [1.807, 2.05) is 58.1 Å². The molecule has 0 aliphatic heterocycles. The van der Waals surface area contributed by atoms with Gasteiger partial charge in [-0.15, -0.1) is 0 Å². The van der Waals surface area contributed by atoms with Crippen molar-refractivity contribution in [3.8, 4) is 0 Å². The summed E-state index contributed by atoms with van der Waals surface area (Å²) in [7, 11) is 0. The van der Waals surface area contributed by atoms with Crippen LogP contribution in [0.15, 0.2) is 61.4 Å². The lowest BCUT2D eigenvalue weighted by molar-refractivity contribution is 1.41. The van der Waals surface area contributed by atoms with Crippen molar-refractivity contribution in [1.82, 2.24) is 0 Å². The Morgan fingerprint density at radius 1 is 0.913 bits per heavy atom. The maximum atomic E-state index is 5.70. The van der Waals surface area contributed by atoms with E-state index in [9.17, 15) is 0 Å². The highest BCUT2D eigenvalue weighted by Crippen LogP contribution is 2.24. The highest BCUT2D eigenvalue weighted by molar-refractivity contribution is 5.80. The molecular weight excluding hydrogens is 282 g/mol. The first kappa shape index (κ1) is 22.6. The summed E-state index contributed by atoms with van der Waals surface area (Å²) in [6.45, 7) is 15.2. The Balaban J connectivity index is 0. The average molecular weight is 313 g/mol. The number of hydrogen-bond donors (Lipinski definition) is 3. The largest absolute Gasteiger partial charge is 0.399 e. The summed E-state index contributed by atoms with van der Waals surface area (Å²) >= 11 is 0. The van der Waals surface area contributed by atoms with Crippen molar-refractivity contribution in [3.05, 3.63) is 72.5 Å². The van der Waals surface area contributed by atoms with Gasteiger partial charge >= 0.3 is 0 Å². The van der Waals surface area contributed by atoms with Crippen molar-refractivity contribution in [2.24, 2.45) is 5.73 Å². The van der Waals surface area contributed by atoms with Crippen LogP contribution in [0.3, 0.4) is 0 Å². The number of rotatable bonds is 4. The van der Waals surface area contributed by atoms with E-state index in [0.717, 1.165) is 16.8 Å². The van der Waals surface area contributed by atoms with Gasteiger partial charge in [0.1, 0.15) is 0 Å². The zero-order valence-corrected chi connectivity index (χ0v) is 14.8. The predicted molar refractivity (Wildman–Crippen MR) is 109 cm³/mol. The highest BCUT2D eigenvalue weighted by atomic mass is 14.6. The second-order valence-electron chi connectivity index (χ2n) is 4.17. The minimum atomic E-state index is 0.675. The predicted octanol–water partition coefficient (Wildman–Crippen LogP) is 5.14. The van der Waals surface area contributed by atoms with Gasteiger partial charge in [0.2, 0.25) is 0 Å². The van der Waals surface area contributed by atoms with E-state index in [4.69, 9.17) is 17.2 Å². The van der Waals surface area contributed by atoms with E-state index >= 15 is 0 Å². The lowest BCUT2D eigenvalue weighted by atomic mass is 10.0. The molecule has 3 heteroatoms. The molecule has 0 aliphatic carbocycles. The number of benzene rings is 1. The molecule has 6 N–H and O–H groups in total. The quantitative estimate of drug-likeness (QED) is 0.531. The molecule has 0 heterocycles. The van der Waals surface area contributed by atoms with Crippen LogP contribution in [0.5, 0.6) is 0 Å². The molecule has 1 rings (SSSR count). The minimum Gasteiger partial charge on any atom is -0.399 e. The SMILES string of the molecule is C=Cc1c(N)ccc(N)c1C=C.CC.C\C=C/C=C(N)\C=C/C. The monoisotopic (exact) mass is 313 g/mol. The van der Waals surface area contributed by atoms with Crippen molar-refractivity contribution < 1.29 is 0 Å². The summed E-state index contributed by atoms with van der Waals surface area (Å²) in [5.74, 6) is 0. The van der Waals surface area contributed by atoms with Crippen molar-refractivity contribution >= 4 is 23.5 Å². The van der Waals surface area contributed by atoms with Crippen molar-refractivity contribution in [2.75, 3.05) is 11.5 Å². The number of nitrogens with two attached hydrogens (primary N) is 3. The van der Waals surface area contributed by atoms with Gasteiger partial charge in [0, 0.05) is 28.2 Å². The molecular formula is C20H31N3. The maximum Gasteiger partial charge on any atom is 0.0395 e. The smallest absolute Gasteiger partial charge is 0.0395 e. The van der Waals surface area contributed by atoms with Gasteiger partial charge in [-0.3, -0.25) is 0 Å². The van der Waals surface area contributed by atoms with Crippen molar-refractivity contribution in [2.45, 2.75) is 27.7 Å². The number of hydrogen-bond acceptors (Lipinski definition) is 3. The maximum absolute atomic E-state index is 5.70. The first-order chi connectivity index (χ1) is 11.0. The average Bonchev–Trinajstić information content (AvgIpc) is 2.57. The lowest BCUT2D eigenvalue weighted by Gasteiger charge is -2.07. The second kappa shape index (κ2) is 14.3. The van der Waals surface area contributed by atoms with Crippen LogP contribution in [0.1, 0.15) is 38.8 Å². The van der Waals surface area contributed by atoms with Gasteiger partial charge in [0.25, 0.3) is 0 Å². The van der Waals surface area contributed by atoms with E-state index in [1.165, 1.54) is 0 Å². The van der Waals surface area contributed by atoms with Gasteiger partial charge in [-0.1, -0.05) is 57.4 Å². The molecule has 1 aromatic rings. The Morgan fingerprint density at radius 2 is 1.35 bits per heavy atom. The van der Waals surface area contributed by atoms with Crippen LogP contribution >= 0.6 is 0 Å². The third-order valence-electron chi connectivity index (χ3n) is 2.60. The van der Waals surface area contributed by atoms with Gasteiger partial charge in [0.15, 0.2) is 0 Å². The fraction of sp³-hybridized carbons (Fsp3) is 0.200. The van der Waals surface area contributed by atoms with Crippen LogP contribution in [0.25, 0.3) is 12.2 Å². The topological polar surface area (TPSA) is 78.1 Å². The van der Waals surface area contributed by atoms with E-state index in [-0.39, 0.29) is 0 Å². The molecule has 0 fully saturated rings. The molecule has 0 bridgehead atoms. The Hall–Kier alpha value is -2.68. The molecule has 23 heavy (non-hydrogen) atoms. The Labute approximate surface area is 141 Å². The Morgan fingerprint density at radius 3 is 1.65 bits per heavy atom. The summed E-state index contributed by atoms with van der Waals surface area (Å²) in [5, 5.41) is 0. The normalized spacial score (nSPS) is 10.5. The van der Waals surface area contributed by atoms with Gasteiger partial charge < -0.3 is 17.2 Å². The zero-order valence-electron chi connectivity index (χ0n) is 14.8. The number of allylic oxidation sites excluding steroid dienone is 5. The molecule has 0 unspecified atom stereocenters. The Bertz CT molecular complexity index is 531. The van der Waals surface area contributed by atoms with Crippen molar-refractivity contribution in [1.29, 1.82) is 0 Å². The molecule has 0 aliphatic rings. The molecule has 0 radical (unpaired) electrons. The van der Waals surface area contributed by atoms with Gasteiger partial charge in [-0.2, -0.15) is 0 Å². The van der Waals surface area contributed by atoms with Crippen LogP contribution in [-0.2, 0) is 0 Å². The molecule has 0 aromatic heterocycles. The molecule has 0 amide bonds. The van der Waals surface area contributed by atoms with Crippen LogP contribution in [0.4, 0.5) is 11.4 Å². The van der Waals surface area contributed by atoms with E-state index in [2.05, 4.69) is 13.2 Å². The molecule has 0 saturated heterocycles. The second-order valence-corrected chi connectivity index (χ2v) is 4.17. The lowest BCUT2D eigenvalue weighted by Crippen LogP contribution is -1.96. The van der Waals surface area contributed by atoms with E-state index in [1.54, 1.807) is 24.3 Å².